The molecule has 0 bridgehead atoms. The Morgan fingerprint density at radius 1 is 0.913 bits per heavy atom. The molecule has 2 aromatic carbocycles. The van der Waals surface area contributed by atoms with Gasteiger partial charge in [0.05, 0.1) is 0 Å². The molecular weight excluding hydrogens is 356 g/mol. The third-order valence-corrected chi connectivity index (χ3v) is 3.66. The van der Waals surface area contributed by atoms with E-state index < -0.39 is 0 Å². The number of carbonyl (C=O) groups excluding carboxylic acids is 2. The van der Waals surface area contributed by atoms with Gasteiger partial charge in [-0.2, -0.15) is 0 Å². The largest absolute Gasteiger partial charge is 0.326 e. The number of hydrogen-bond donors (Lipinski definition) is 2. The summed E-state index contributed by atoms with van der Waals surface area (Å²) in [5.74, 6) is 0.139. The number of amides is 2. The molecule has 23 heavy (non-hydrogen) atoms. The van der Waals surface area contributed by atoms with E-state index >= 15 is 0 Å². The van der Waals surface area contributed by atoms with Gasteiger partial charge in [0.25, 0.3) is 5.91 Å². The van der Waals surface area contributed by atoms with Crippen molar-refractivity contribution in [1.82, 2.24) is 0 Å². The van der Waals surface area contributed by atoms with E-state index in [1.807, 2.05) is 26.0 Å². The normalized spacial score (nSPS) is 10.4. The number of carbonyl (C=O) groups is 2. The van der Waals surface area contributed by atoms with Crippen molar-refractivity contribution in [3.63, 3.8) is 0 Å². The number of benzene rings is 2. The molecule has 0 fully saturated rings. The SMILES string of the molecule is CC(C)CC(=O)Nc1ccc(NC(=O)c2ccc(Br)cc2)cc1. The van der Waals surface area contributed by atoms with Crippen molar-refractivity contribution in [2.24, 2.45) is 5.92 Å². The van der Waals surface area contributed by atoms with Gasteiger partial charge in [0, 0.05) is 27.8 Å². The van der Waals surface area contributed by atoms with Crippen molar-refractivity contribution in [2.45, 2.75) is 20.3 Å². The van der Waals surface area contributed by atoms with Crippen LogP contribution in [0.15, 0.2) is 53.0 Å². The molecule has 0 radical (unpaired) electrons. The minimum atomic E-state index is -0.172. The first-order valence-corrected chi connectivity index (χ1v) is 8.20. The van der Waals surface area contributed by atoms with E-state index in [1.54, 1.807) is 36.4 Å². The van der Waals surface area contributed by atoms with Gasteiger partial charge in [0.2, 0.25) is 5.91 Å². The molecule has 0 saturated carbocycles. The number of hydrogen-bond acceptors (Lipinski definition) is 2. The molecule has 2 aromatic rings. The van der Waals surface area contributed by atoms with Crippen molar-refractivity contribution < 1.29 is 9.59 Å². The van der Waals surface area contributed by atoms with Gasteiger partial charge in [-0.1, -0.05) is 29.8 Å². The van der Waals surface area contributed by atoms with Crippen molar-refractivity contribution in [1.29, 1.82) is 0 Å². The topological polar surface area (TPSA) is 58.2 Å². The second-order valence-electron chi connectivity index (χ2n) is 5.68. The average molecular weight is 375 g/mol. The van der Waals surface area contributed by atoms with E-state index in [2.05, 4.69) is 26.6 Å². The number of anilines is 2. The van der Waals surface area contributed by atoms with Gasteiger partial charge in [-0.05, 0) is 54.4 Å². The molecular formula is C18H19BrN2O2. The highest BCUT2D eigenvalue weighted by molar-refractivity contribution is 9.10. The Morgan fingerprint density at radius 3 is 1.96 bits per heavy atom. The second kappa shape index (κ2) is 7.92. The van der Waals surface area contributed by atoms with Crippen LogP contribution < -0.4 is 10.6 Å². The lowest BCUT2D eigenvalue weighted by Gasteiger charge is -2.09. The summed E-state index contributed by atoms with van der Waals surface area (Å²) in [6.07, 6.45) is 0.488. The summed E-state index contributed by atoms with van der Waals surface area (Å²) in [7, 11) is 0. The summed E-state index contributed by atoms with van der Waals surface area (Å²) < 4.78 is 0.926. The average Bonchev–Trinajstić information content (AvgIpc) is 2.49. The summed E-state index contributed by atoms with van der Waals surface area (Å²) >= 11 is 3.34. The zero-order chi connectivity index (χ0) is 16.8. The van der Waals surface area contributed by atoms with Gasteiger partial charge in [-0.25, -0.2) is 0 Å². The summed E-state index contributed by atoms with van der Waals surface area (Å²) in [5, 5.41) is 5.66. The quantitative estimate of drug-likeness (QED) is 0.797. The Kier molecular flexibility index (Phi) is 5.93. The first kappa shape index (κ1) is 17.2. The van der Waals surface area contributed by atoms with E-state index in [1.165, 1.54) is 0 Å². The predicted molar refractivity (Wildman–Crippen MR) is 96.6 cm³/mol. The van der Waals surface area contributed by atoms with Crippen LogP contribution in [0.3, 0.4) is 0 Å². The van der Waals surface area contributed by atoms with Crippen LogP contribution >= 0.6 is 15.9 Å². The lowest BCUT2D eigenvalue weighted by atomic mass is 10.1. The molecule has 2 amide bonds. The van der Waals surface area contributed by atoms with Crippen LogP contribution in [0.4, 0.5) is 11.4 Å². The predicted octanol–water partition coefficient (Wildman–Crippen LogP) is 4.69. The van der Waals surface area contributed by atoms with Crippen LogP contribution in [0, 0.1) is 5.92 Å². The fraction of sp³-hybridized carbons (Fsp3) is 0.222. The van der Waals surface area contributed by atoms with E-state index in [4.69, 9.17) is 0 Å². The molecule has 0 aliphatic heterocycles. The zero-order valence-corrected chi connectivity index (χ0v) is 14.7. The molecule has 2 rings (SSSR count). The van der Waals surface area contributed by atoms with Crippen LogP contribution in [-0.4, -0.2) is 11.8 Å². The Labute approximate surface area is 144 Å². The van der Waals surface area contributed by atoms with Crippen LogP contribution in [0.2, 0.25) is 0 Å². The minimum absolute atomic E-state index is 0.00773. The summed E-state index contributed by atoms with van der Waals surface area (Å²) in [6.45, 7) is 4.00. The smallest absolute Gasteiger partial charge is 0.255 e. The number of halogens is 1. The Balaban J connectivity index is 1.95. The molecule has 0 atom stereocenters. The molecule has 2 N–H and O–H groups in total. The second-order valence-corrected chi connectivity index (χ2v) is 6.60. The van der Waals surface area contributed by atoms with Gasteiger partial charge in [0.1, 0.15) is 0 Å². The van der Waals surface area contributed by atoms with E-state index in [0.717, 1.165) is 10.2 Å². The lowest BCUT2D eigenvalue weighted by Crippen LogP contribution is -2.14. The molecule has 4 nitrogen and oxygen atoms in total. The van der Waals surface area contributed by atoms with Crippen molar-refractivity contribution in [3.05, 3.63) is 58.6 Å². The first-order valence-electron chi connectivity index (χ1n) is 7.41. The van der Waals surface area contributed by atoms with E-state index in [9.17, 15) is 9.59 Å². The highest BCUT2D eigenvalue weighted by atomic mass is 79.9. The lowest BCUT2D eigenvalue weighted by molar-refractivity contribution is -0.116. The van der Waals surface area contributed by atoms with Gasteiger partial charge >= 0.3 is 0 Å². The molecule has 0 aliphatic rings. The molecule has 120 valence electrons. The number of rotatable bonds is 5. The molecule has 5 heteroatoms. The molecule has 0 aromatic heterocycles. The summed E-state index contributed by atoms with van der Waals surface area (Å²) in [4.78, 5) is 23.8. The monoisotopic (exact) mass is 374 g/mol. The maximum absolute atomic E-state index is 12.1. The zero-order valence-electron chi connectivity index (χ0n) is 13.1. The molecule has 0 saturated heterocycles. The maximum atomic E-state index is 12.1. The minimum Gasteiger partial charge on any atom is -0.326 e. The fourth-order valence-electron chi connectivity index (χ4n) is 2.02. The van der Waals surface area contributed by atoms with Gasteiger partial charge in [0.15, 0.2) is 0 Å². The molecule has 0 spiro atoms. The third-order valence-electron chi connectivity index (χ3n) is 3.13. The first-order chi connectivity index (χ1) is 10.9. The Morgan fingerprint density at radius 2 is 1.43 bits per heavy atom. The Bertz CT molecular complexity index is 679. The fourth-order valence-corrected chi connectivity index (χ4v) is 2.29. The van der Waals surface area contributed by atoms with Crippen molar-refractivity contribution >= 4 is 39.1 Å². The van der Waals surface area contributed by atoms with Crippen LogP contribution in [0.25, 0.3) is 0 Å². The van der Waals surface area contributed by atoms with Crippen LogP contribution in [0.5, 0.6) is 0 Å². The van der Waals surface area contributed by atoms with Crippen molar-refractivity contribution in [2.75, 3.05) is 10.6 Å². The third kappa shape index (κ3) is 5.53. The van der Waals surface area contributed by atoms with Crippen molar-refractivity contribution in [3.8, 4) is 0 Å². The van der Waals surface area contributed by atoms with Gasteiger partial charge in [-0.15, -0.1) is 0 Å². The van der Waals surface area contributed by atoms with Crippen LogP contribution in [-0.2, 0) is 4.79 Å². The van der Waals surface area contributed by atoms with Crippen LogP contribution in [0.1, 0.15) is 30.6 Å². The molecule has 0 unspecified atom stereocenters. The van der Waals surface area contributed by atoms with E-state index in [0.29, 0.717) is 23.6 Å². The number of nitrogens with one attached hydrogen (secondary N) is 2. The summed E-state index contributed by atoms with van der Waals surface area (Å²) in [6, 6.07) is 14.2. The highest BCUT2D eigenvalue weighted by Crippen LogP contribution is 2.16. The van der Waals surface area contributed by atoms with Gasteiger partial charge in [-0.3, -0.25) is 9.59 Å². The maximum Gasteiger partial charge on any atom is 0.255 e. The van der Waals surface area contributed by atoms with Gasteiger partial charge < -0.3 is 10.6 Å². The Hall–Kier alpha value is -2.14. The molecule has 0 heterocycles. The van der Waals surface area contributed by atoms with E-state index in [-0.39, 0.29) is 11.8 Å². The highest BCUT2D eigenvalue weighted by Gasteiger charge is 2.07. The molecule has 0 aliphatic carbocycles. The standard InChI is InChI=1S/C18H19BrN2O2/c1-12(2)11-17(22)20-15-7-9-16(10-8-15)21-18(23)13-3-5-14(19)6-4-13/h3-10,12H,11H2,1-2H3,(H,20,22)(H,21,23). The summed E-state index contributed by atoms with van der Waals surface area (Å²) in [5.41, 5.74) is 1.99.